The highest BCUT2D eigenvalue weighted by molar-refractivity contribution is 4.97. The van der Waals surface area contributed by atoms with Crippen molar-refractivity contribution in [2.45, 2.75) is 50.8 Å². The molecule has 0 bridgehead atoms. The van der Waals surface area contributed by atoms with Gasteiger partial charge in [0, 0.05) is 31.6 Å². The van der Waals surface area contributed by atoms with Gasteiger partial charge in [0.2, 0.25) is 0 Å². The van der Waals surface area contributed by atoms with Gasteiger partial charge in [-0.25, -0.2) is 0 Å². The molecule has 1 aliphatic carbocycles. The van der Waals surface area contributed by atoms with E-state index >= 15 is 0 Å². The van der Waals surface area contributed by atoms with Crippen LogP contribution in [0.5, 0.6) is 0 Å². The van der Waals surface area contributed by atoms with E-state index in [0.717, 1.165) is 12.2 Å². The summed E-state index contributed by atoms with van der Waals surface area (Å²) in [6.45, 7) is 0.852. The van der Waals surface area contributed by atoms with Crippen LogP contribution in [0.15, 0.2) is 12.3 Å². The topological polar surface area (TPSA) is 49.9 Å². The van der Waals surface area contributed by atoms with Crippen LogP contribution < -0.4 is 5.32 Å². The van der Waals surface area contributed by atoms with Crippen molar-refractivity contribution in [3.8, 4) is 0 Å². The minimum absolute atomic E-state index is 0.366. The van der Waals surface area contributed by atoms with E-state index in [1.165, 1.54) is 32.1 Å². The lowest BCUT2D eigenvalue weighted by atomic mass is 10.1. The van der Waals surface area contributed by atoms with E-state index in [-0.39, 0.29) is 0 Å². The number of hydrogen-bond donors (Lipinski definition) is 2. The van der Waals surface area contributed by atoms with Crippen molar-refractivity contribution in [3.05, 3.63) is 18.0 Å². The van der Waals surface area contributed by atoms with Gasteiger partial charge < -0.3 is 10.1 Å². The Morgan fingerprint density at radius 1 is 1.44 bits per heavy atom. The van der Waals surface area contributed by atoms with Crippen molar-refractivity contribution >= 4 is 0 Å². The van der Waals surface area contributed by atoms with E-state index in [1.807, 2.05) is 13.2 Å². The molecule has 2 N–H and O–H groups in total. The monoisotopic (exact) mass is 223 g/mol. The molecule has 1 aliphatic rings. The maximum Gasteiger partial charge on any atom is 0.0724 e. The Morgan fingerprint density at radius 3 is 3.06 bits per heavy atom. The fourth-order valence-corrected chi connectivity index (χ4v) is 2.41. The van der Waals surface area contributed by atoms with E-state index in [1.54, 1.807) is 6.20 Å². The Bertz CT molecular complexity index is 286. The van der Waals surface area contributed by atoms with Gasteiger partial charge in [-0.2, -0.15) is 5.10 Å². The van der Waals surface area contributed by atoms with Gasteiger partial charge in [0.15, 0.2) is 0 Å². The lowest BCUT2D eigenvalue weighted by Crippen LogP contribution is -2.39. The van der Waals surface area contributed by atoms with E-state index in [4.69, 9.17) is 4.74 Å². The summed E-state index contributed by atoms with van der Waals surface area (Å²) in [5.41, 5.74) is 1.14. The average molecular weight is 223 g/mol. The molecule has 1 saturated carbocycles. The van der Waals surface area contributed by atoms with Gasteiger partial charge in [-0.1, -0.05) is 19.3 Å². The van der Waals surface area contributed by atoms with Crippen molar-refractivity contribution in [1.29, 1.82) is 0 Å². The molecular formula is C12H21N3O. The lowest BCUT2D eigenvalue weighted by Gasteiger charge is -2.24. The summed E-state index contributed by atoms with van der Waals surface area (Å²) in [4.78, 5) is 0. The molecule has 0 radical (unpaired) electrons. The first-order valence-electron chi connectivity index (χ1n) is 6.14. The second kappa shape index (κ2) is 6.01. The summed E-state index contributed by atoms with van der Waals surface area (Å²) in [5.74, 6) is 0. The maximum absolute atomic E-state index is 5.57. The van der Waals surface area contributed by atoms with E-state index in [9.17, 15) is 0 Å². The highest BCUT2D eigenvalue weighted by Gasteiger charge is 2.22. The number of aromatic nitrogens is 2. The quantitative estimate of drug-likeness (QED) is 0.766. The number of ether oxygens (including phenoxy) is 1. The van der Waals surface area contributed by atoms with Gasteiger partial charge in [-0.3, -0.25) is 5.10 Å². The number of H-pyrrole nitrogens is 1. The standard InChI is InChI=1S/C12H21N3O/c1-16-12-6-4-2-3-5-11(12)13-9-10-7-8-14-15-10/h7-8,11-13H,2-6,9H2,1H3,(H,14,15). The molecule has 0 amide bonds. The highest BCUT2D eigenvalue weighted by atomic mass is 16.5. The van der Waals surface area contributed by atoms with Crippen LogP contribution in [0.4, 0.5) is 0 Å². The maximum atomic E-state index is 5.57. The van der Waals surface area contributed by atoms with Crippen molar-refractivity contribution in [1.82, 2.24) is 15.5 Å². The van der Waals surface area contributed by atoms with E-state index < -0.39 is 0 Å². The van der Waals surface area contributed by atoms with Gasteiger partial charge in [-0.05, 0) is 18.9 Å². The molecule has 16 heavy (non-hydrogen) atoms. The molecule has 0 spiro atoms. The second-order valence-corrected chi connectivity index (χ2v) is 4.48. The Morgan fingerprint density at radius 2 is 2.31 bits per heavy atom. The van der Waals surface area contributed by atoms with Gasteiger partial charge in [0.25, 0.3) is 0 Å². The third-order valence-corrected chi connectivity index (χ3v) is 3.37. The summed E-state index contributed by atoms with van der Waals surface area (Å²) in [7, 11) is 1.82. The molecule has 0 saturated heterocycles. The number of aromatic amines is 1. The average Bonchev–Trinajstić information content (AvgIpc) is 2.71. The largest absolute Gasteiger partial charge is 0.380 e. The normalized spacial score (nSPS) is 26.6. The number of rotatable bonds is 4. The highest BCUT2D eigenvalue weighted by Crippen LogP contribution is 2.20. The fourth-order valence-electron chi connectivity index (χ4n) is 2.41. The smallest absolute Gasteiger partial charge is 0.0724 e. The van der Waals surface area contributed by atoms with Crippen LogP contribution in [0, 0.1) is 0 Å². The Hall–Kier alpha value is -0.870. The fraction of sp³-hybridized carbons (Fsp3) is 0.750. The third kappa shape index (κ3) is 3.06. The van der Waals surface area contributed by atoms with Gasteiger partial charge in [0.05, 0.1) is 6.10 Å². The summed E-state index contributed by atoms with van der Waals surface area (Å²) in [5, 5.41) is 10.5. The van der Waals surface area contributed by atoms with Gasteiger partial charge in [-0.15, -0.1) is 0 Å². The van der Waals surface area contributed by atoms with Crippen molar-refractivity contribution < 1.29 is 4.74 Å². The molecule has 2 unspecified atom stereocenters. The number of nitrogens with one attached hydrogen (secondary N) is 2. The van der Waals surface area contributed by atoms with Crippen LogP contribution in [0.25, 0.3) is 0 Å². The van der Waals surface area contributed by atoms with Crippen LogP contribution in [-0.4, -0.2) is 29.5 Å². The molecule has 0 aliphatic heterocycles. The molecule has 0 aromatic carbocycles. The number of methoxy groups -OCH3 is 1. The molecule has 2 rings (SSSR count). The van der Waals surface area contributed by atoms with E-state index in [0.29, 0.717) is 12.1 Å². The zero-order valence-electron chi connectivity index (χ0n) is 9.91. The van der Waals surface area contributed by atoms with Gasteiger partial charge in [0.1, 0.15) is 0 Å². The van der Waals surface area contributed by atoms with Crippen LogP contribution in [0.3, 0.4) is 0 Å². The van der Waals surface area contributed by atoms with Gasteiger partial charge >= 0.3 is 0 Å². The Kier molecular flexibility index (Phi) is 4.36. The Balaban J connectivity index is 1.85. The molecule has 1 heterocycles. The molecule has 1 aromatic rings. The first kappa shape index (κ1) is 11.6. The Labute approximate surface area is 96.8 Å². The first-order chi connectivity index (χ1) is 7.90. The minimum atomic E-state index is 0.366. The molecule has 1 fully saturated rings. The number of hydrogen-bond acceptors (Lipinski definition) is 3. The zero-order chi connectivity index (χ0) is 11.2. The zero-order valence-corrected chi connectivity index (χ0v) is 9.91. The summed E-state index contributed by atoms with van der Waals surface area (Å²) >= 11 is 0. The summed E-state index contributed by atoms with van der Waals surface area (Å²) in [6, 6.07) is 2.49. The lowest BCUT2D eigenvalue weighted by molar-refractivity contribution is 0.0625. The van der Waals surface area contributed by atoms with Crippen LogP contribution in [0.1, 0.15) is 37.8 Å². The summed E-state index contributed by atoms with van der Waals surface area (Å²) < 4.78 is 5.57. The predicted octanol–water partition coefficient (Wildman–Crippen LogP) is 1.85. The molecular weight excluding hydrogens is 202 g/mol. The predicted molar refractivity (Wildman–Crippen MR) is 63.1 cm³/mol. The van der Waals surface area contributed by atoms with Crippen LogP contribution in [-0.2, 0) is 11.3 Å². The minimum Gasteiger partial charge on any atom is -0.380 e. The molecule has 2 atom stereocenters. The van der Waals surface area contributed by atoms with Crippen LogP contribution >= 0.6 is 0 Å². The van der Waals surface area contributed by atoms with Crippen molar-refractivity contribution in [2.24, 2.45) is 0 Å². The SMILES string of the molecule is COC1CCCCCC1NCc1ccn[nH]1. The number of nitrogens with zero attached hydrogens (tertiary/aromatic N) is 1. The van der Waals surface area contributed by atoms with Crippen molar-refractivity contribution in [2.75, 3.05) is 7.11 Å². The van der Waals surface area contributed by atoms with Crippen LogP contribution in [0.2, 0.25) is 0 Å². The molecule has 90 valence electrons. The summed E-state index contributed by atoms with van der Waals surface area (Å²) in [6.07, 6.45) is 8.48. The van der Waals surface area contributed by atoms with E-state index in [2.05, 4.69) is 15.5 Å². The molecule has 1 aromatic heterocycles. The molecule has 4 heteroatoms. The third-order valence-electron chi connectivity index (χ3n) is 3.37. The first-order valence-corrected chi connectivity index (χ1v) is 6.14. The second-order valence-electron chi connectivity index (χ2n) is 4.48. The van der Waals surface area contributed by atoms with Crippen molar-refractivity contribution in [3.63, 3.8) is 0 Å². The molecule has 4 nitrogen and oxygen atoms in total.